The molecule has 0 saturated carbocycles. The summed E-state index contributed by atoms with van der Waals surface area (Å²) in [5, 5.41) is 0.922. The van der Waals surface area contributed by atoms with Crippen molar-refractivity contribution in [1.82, 2.24) is 14.9 Å². The molecular weight excluding hydrogens is 246 g/mol. The molecule has 0 radical (unpaired) electrons. The average Bonchev–Trinajstić information content (AvgIpc) is 2.68. The second kappa shape index (κ2) is 5.27. The molecule has 0 aliphatic carbocycles. The number of carbonyl (C=O) groups is 1. The normalized spacial score (nSPS) is 10.4. The Morgan fingerprint density at radius 2 is 2.22 bits per heavy atom. The third kappa shape index (κ3) is 2.73. The summed E-state index contributed by atoms with van der Waals surface area (Å²) < 4.78 is 0. The molecule has 0 bridgehead atoms. The lowest BCUT2D eigenvalue weighted by atomic mass is 10.2. The topological polar surface area (TPSA) is 46.1 Å². The number of carbonyl (C=O) groups excluding carboxylic acids is 1. The van der Waals surface area contributed by atoms with Gasteiger partial charge in [-0.2, -0.15) is 0 Å². The summed E-state index contributed by atoms with van der Waals surface area (Å²) in [5.74, 6) is 0.0157. The van der Waals surface area contributed by atoms with Gasteiger partial charge < -0.3 is 4.90 Å². The Balaban J connectivity index is 2.12. The average molecular weight is 261 g/mol. The van der Waals surface area contributed by atoms with E-state index in [9.17, 15) is 4.79 Å². The Labute approximate surface area is 110 Å². The molecule has 2 aromatic heterocycles. The molecule has 94 valence electrons. The molecule has 2 aromatic rings. The van der Waals surface area contributed by atoms with Gasteiger partial charge in [0.25, 0.3) is 5.91 Å². The molecule has 0 unspecified atom stereocenters. The van der Waals surface area contributed by atoms with Gasteiger partial charge in [0.05, 0.1) is 10.7 Å². The summed E-state index contributed by atoms with van der Waals surface area (Å²) in [5.41, 5.74) is 1.83. The summed E-state index contributed by atoms with van der Waals surface area (Å²) in [6.45, 7) is 4.34. The van der Waals surface area contributed by atoms with Crippen LogP contribution in [0.3, 0.4) is 0 Å². The zero-order valence-electron chi connectivity index (χ0n) is 10.7. The Kier molecular flexibility index (Phi) is 3.72. The number of amides is 1. The molecule has 2 heterocycles. The molecule has 0 aromatic carbocycles. The minimum atomic E-state index is 0.0157. The maximum absolute atomic E-state index is 12.3. The molecule has 2 rings (SSSR count). The number of hydrogen-bond acceptors (Lipinski definition) is 4. The van der Waals surface area contributed by atoms with E-state index in [2.05, 4.69) is 9.97 Å². The van der Waals surface area contributed by atoms with E-state index in [1.165, 1.54) is 11.3 Å². The molecule has 0 atom stereocenters. The van der Waals surface area contributed by atoms with Crippen LogP contribution in [0.1, 0.15) is 25.9 Å². The highest BCUT2D eigenvalue weighted by Crippen LogP contribution is 2.19. The quantitative estimate of drug-likeness (QED) is 0.852. The van der Waals surface area contributed by atoms with E-state index in [4.69, 9.17) is 0 Å². The molecule has 0 saturated heterocycles. The first-order chi connectivity index (χ1) is 8.58. The van der Waals surface area contributed by atoms with Gasteiger partial charge in [-0.1, -0.05) is 6.07 Å². The number of aryl methyl sites for hydroxylation is 2. The fraction of sp³-hybridized carbons (Fsp3) is 0.308. The van der Waals surface area contributed by atoms with Gasteiger partial charge >= 0.3 is 0 Å². The van der Waals surface area contributed by atoms with Crippen molar-refractivity contribution in [1.29, 1.82) is 0 Å². The van der Waals surface area contributed by atoms with E-state index in [1.807, 2.05) is 26.0 Å². The third-order valence-corrected chi connectivity index (χ3v) is 3.65. The molecule has 0 fully saturated rings. The summed E-state index contributed by atoms with van der Waals surface area (Å²) in [6, 6.07) is 3.83. The highest BCUT2D eigenvalue weighted by atomic mass is 32.1. The molecule has 4 nitrogen and oxygen atoms in total. The van der Waals surface area contributed by atoms with E-state index in [0.29, 0.717) is 6.54 Å². The molecule has 0 aliphatic heterocycles. The van der Waals surface area contributed by atoms with Gasteiger partial charge in [0.15, 0.2) is 0 Å². The number of thiazole rings is 1. The predicted octanol–water partition coefficient (Wildman–Crippen LogP) is 2.43. The van der Waals surface area contributed by atoms with Crippen LogP contribution in [0.15, 0.2) is 24.5 Å². The Hall–Kier alpha value is -1.75. The number of aromatic nitrogens is 2. The summed E-state index contributed by atoms with van der Waals surface area (Å²) in [4.78, 5) is 23.0. The lowest BCUT2D eigenvalue weighted by Crippen LogP contribution is -2.26. The maximum atomic E-state index is 12.3. The van der Waals surface area contributed by atoms with Crippen LogP contribution in [0.4, 0.5) is 0 Å². The Bertz CT molecular complexity index is 551. The van der Waals surface area contributed by atoms with Crippen molar-refractivity contribution >= 4 is 17.2 Å². The minimum Gasteiger partial charge on any atom is -0.337 e. The number of pyridine rings is 1. The van der Waals surface area contributed by atoms with Crippen LogP contribution >= 0.6 is 11.3 Å². The lowest BCUT2D eigenvalue weighted by Gasteiger charge is -2.16. The highest BCUT2D eigenvalue weighted by molar-refractivity contribution is 7.13. The van der Waals surface area contributed by atoms with Crippen LogP contribution in [-0.2, 0) is 6.54 Å². The predicted molar refractivity (Wildman–Crippen MR) is 71.6 cm³/mol. The van der Waals surface area contributed by atoms with Crippen LogP contribution in [0.2, 0.25) is 0 Å². The highest BCUT2D eigenvalue weighted by Gasteiger charge is 2.17. The van der Waals surface area contributed by atoms with Crippen LogP contribution < -0.4 is 0 Å². The second-order valence-corrected chi connectivity index (χ2v) is 5.37. The fourth-order valence-corrected chi connectivity index (χ4v) is 2.65. The van der Waals surface area contributed by atoms with Gasteiger partial charge in [-0.25, -0.2) is 4.98 Å². The van der Waals surface area contributed by atoms with Crippen molar-refractivity contribution in [3.05, 3.63) is 45.7 Å². The number of nitrogens with zero attached hydrogens (tertiary/aromatic N) is 3. The number of rotatable bonds is 3. The second-order valence-electron chi connectivity index (χ2n) is 4.17. The van der Waals surface area contributed by atoms with Crippen LogP contribution in [0, 0.1) is 13.8 Å². The van der Waals surface area contributed by atoms with E-state index < -0.39 is 0 Å². The summed E-state index contributed by atoms with van der Waals surface area (Å²) in [7, 11) is 1.80. The van der Waals surface area contributed by atoms with E-state index in [1.54, 1.807) is 24.3 Å². The number of hydrogen-bond donors (Lipinski definition) is 0. The van der Waals surface area contributed by atoms with Crippen molar-refractivity contribution in [2.75, 3.05) is 7.05 Å². The molecule has 18 heavy (non-hydrogen) atoms. The summed E-state index contributed by atoms with van der Waals surface area (Å²) in [6.07, 6.45) is 3.50. The van der Waals surface area contributed by atoms with Crippen molar-refractivity contribution in [2.24, 2.45) is 0 Å². The Morgan fingerprint density at radius 1 is 1.44 bits per heavy atom. The lowest BCUT2D eigenvalue weighted by molar-refractivity contribution is 0.0789. The first-order valence-electron chi connectivity index (χ1n) is 5.66. The van der Waals surface area contributed by atoms with Gasteiger partial charge in [-0.05, 0) is 25.5 Å². The minimum absolute atomic E-state index is 0.0157. The largest absolute Gasteiger partial charge is 0.337 e. The van der Waals surface area contributed by atoms with E-state index >= 15 is 0 Å². The molecular formula is C13H15N3OS. The standard InChI is InChI=1S/C13H15N3OS/c1-9-12(18-10(2)15-9)13(17)16(3)8-11-5-4-6-14-7-11/h4-7H,8H2,1-3H3. The van der Waals surface area contributed by atoms with Gasteiger partial charge in [0.1, 0.15) is 4.88 Å². The first kappa shape index (κ1) is 12.7. The maximum Gasteiger partial charge on any atom is 0.265 e. The van der Waals surface area contributed by atoms with Crippen molar-refractivity contribution in [3.63, 3.8) is 0 Å². The van der Waals surface area contributed by atoms with E-state index in [0.717, 1.165) is 21.1 Å². The Morgan fingerprint density at radius 3 is 2.78 bits per heavy atom. The third-order valence-electron chi connectivity index (χ3n) is 2.59. The zero-order valence-corrected chi connectivity index (χ0v) is 11.5. The molecule has 0 aliphatic rings. The van der Waals surface area contributed by atoms with Crippen LogP contribution in [0.5, 0.6) is 0 Å². The molecule has 1 amide bonds. The van der Waals surface area contributed by atoms with Gasteiger partial charge in [-0.15, -0.1) is 11.3 Å². The van der Waals surface area contributed by atoms with Crippen molar-refractivity contribution in [2.45, 2.75) is 20.4 Å². The van der Waals surface area contributed by atoms with Gasteiger partial charge in [-0.3, -0.25) is 9.78 Å². The summed E-state index contributed by atoms with van der Waals surface area (Å²) >= 11 is 1.44. The monoisotopic (exact) mass is 261 g/mol. The SMILES string of the molecule is Cc1nc(C)c(C(=O)N(C)Cc2cccnc2)s1. The van der Waals surface area contributed by atoms with Crippen molar-refractivity contribution < 1.29 is 4.79 Å². The van der Waals surface area contributed by atoms with Crippen LogP contribution in [0.25, 0.3) is 0 Å². The molecule has 0 N–H and O–H groups in total. The van der Waals surface area contributed by atoms with E-state index in [-0.39, 0.29) is 5.91 Å². The zero-order chi connectivity index (χ0) is 13.1. The first-order valence-corrected chi connectivity index (χ1v) is 6.48. The molecule has 5 heteroatoms. The smallest absolute Gasteiger partial charge is 0.265 e. The van der Waals surface area contributed by atoms with Crippen LogP contribution in [-0.4, -0.2) is 27.8 Å². The van der Waals surface area contributed by atoms with Gasteiger partial charge in [0.2, 0.25) is 0 Å². The molecule has 0 spiro atoms. The fourth-order valence-electron chi connectivity index (χ4n) is 1.74. The van der Waals surface area contributed by atoms with Gasteiger partial charge in [0, 0.05) is 26.0 Å². The van der Waals surface area contributed by atoms with Crippen molar-refractivity contribution in [3.8, 4) is 0 Å².